The van der Waals surface area contributed by atoms with Crippen LogP contribution in [0.5, 0.6) is 0 Å². The highest BCUT2D eigenvalue weighted by atomic mass is 79.9. The Morgan fingerprint density at radius 2 is 0.510 bits per heavy atom. The van der Waals surface area contributed by atoms with Crippen LogP contribution in [0.3, 0.4) is 0 Å². The zero-order chi connectivity index (χ0) is 33.0. The predicted molar refractivity (Wildman–Crippen MR) is 206 cm³/mol. The Hall–Kier alpha value is -5.97. The topological polar surface area (TPSA) is 38.7 Å². The standard InChI is InChI=1S/C45H30BrN3/c46-42-13-7-12-41(30-42)37-16-14-35(15-17-37)36-22-28-40(29-23-36)45-48-43(38-24-18-33(19-25-38)31-8-3-1-4-9-31)47-44(49-45)39-26-20-34(21-27-39)32-10-5-2-6-11-32/h1-30H. The summed E-state index contributed by atoms with van der Waals surface area (Å²) in [5, 5.41) is 0. The average molecular weight is 693 g/mol. The molecule has 0 aliphatic carbocycles. The van der Waals surface area contributed by atoms with Gasteiger partial charge in [-0.25, -0.2) is 15.0 Å². The van der Waals surface area contributed by atoms with Gasteiger partial charge >= 0.3 is 0 Å². The van der Waals surface area contributed by atoms with Gasteiger partial charge < -0.3 is 0 Å². The van der Waals surface area contributed by atoms with Crippen molar-refractivity contribution in [2.24, 2.45) is 0 Å². The maximum Gasteiger partial charge on any atom is 0.164 e. The SMILES string of the molecule is Brc1cccc(-c2ccc(-c3ccc(-c4nc(-c5ccc(-c6ccccc6)cc5)nc(-c5ccc(-c6ccccc6)cc5)n4)cc3)cc2)c1. The highest BCUT2D eigenvalue weighted by Crippen LogP contribution is 2.31. The second-order valence-electron chi connectivity index (χ2n) is 11.9. The molecule has 0 spiro atoms. The number of hydrogen-bond donors (Lipinski definition) is 0. The van der Waals surface area contributed by atoms with Crippen LogP contribution in [0.15, 0.2) is 186 Å². The third kappa shape index (κ3) is 6.73. The van der Waals surface area contributed by atoms with E-state index in [0.29, 0.717) is 17.5 Å². The van der Waals surface area contributed by atoms with Gasteiger partial charge in [-0.1, -0.05) is 186 Å². The summed E-state index contributed by atoms with van der Waals surface area (Å²) >= 11 is 3.58. The molecule has 0 saturated carbocycles. The number of halogens is 1. The van der Waals surface area contributed by atoms with Crippen molar-refractivity contribution < 1.29 is 0 Å². The molecule has 0 bridgehead atoms. The zero-order valence-electron chi connectivity index (χ0n) is 26.5. The molecule has 8 aromatic rings. The third-order valence-corrected chi connectivity index (χ3v) is 9.15. The van der Waals surface area contributed by atoms with Gasteiger partial charge in [-0.05, 0) is 56.6 Å². The molecular weight excluding hydrogens is 662 g/mol. The normalized spacial score (nSPS) is 11.0. The molecule has 0 radical (unpaired) electrons. The first-order valence-corrected chi connectivity index (χ1v) is 17.0. The Labute approximate surface area is 294 Å². The molecule has 0 aliphatic heterocycles. The Balaban J connectivity index is 1.14. The van der Waals surface area contributed by atoms with Gasteiger partial charge in [-0.15, -0.1) is 0 Å². The largest absolute Gasteiger partial charge is 0.208 e. The maximum atomic E-state index is 5.00. The van der Waals surface area contributed by atoms with Crippen molar-refractivity contribution in [1.29, 1.82) is 0 Å². The average Bonchev–Trinajstić information content (AvgIpc) is 3.19. The second kappa shape index (κ2) is 13.6. The Bertz CT molecular complexity index is 2230. The molecule has 0 saturated heterocycles. The van der Waals surface area contributed by atoms with Gasteiger partial charge in [-0.3, -0.25) is 0 Å². The summed E-state index contributed by atoms with van der Waals surface area (Å²) in [5.74, 6) is 1.91. The van der Waals surface area contributed by atoms with Crippen LogP contribution >= 0.6 is 15.9 Å². The summed E-state index contributed by atoms with van der Waals surface area (Å²) in [6, 6.07) is 63.1. The van der Waals surface area contributed by atoms with E-state index in [1.165, 1.54) is 22.3 Å². The van der Waals surface area contributed by atoms with E-state index in [4.69, 9.17) is 15.0 Å². The van der Waals surface area contributed by atoms with Crippen LogP contribution in [0.4, 0.5) is 0 Å². The maximum absolute atomic E-state index is 5.00. The summed E-state index contributed by atoms with van der Waals surface area (Å²) in [6.07, 6.45) is 0. The van der Waals surface area contributed by atoms with Crippen LogP contribution in [0.1, 0.15) is 0 Å². The molecule has 1 aromatic heterocycles. The van der Waals surface area contributed by atoms with Gasteiger partial charge in [0.15, 0.2) is 17.5 Å². The molecule has 7 aromatic carbocycles. The fraction of sp³-hybridized carbons (Fsp3) is 0. The lowest BCUT2D eigenvalue weighted by Crippen LogP contribution is -2.00. The first-order valence-electron chi connectivity index (χ1n) is 16.2. The fourth-order valence-electron chi connectivity index (χ4n) is 5.98. The number of nitrogens with zero attached hydrogens (tertiary/aromatic N) is 3. The Morgan fingerprint density at radius 1 is 0.245 bits per heavy atom. The molecule has 0 fully saturated rings. The van der Waals surface area contributed by atoms with Crippen molar-refractivity contribution in [3.8, 4) is 78.7 Å². The van der Waals surface area contributed by atoms with E-state index < -0.39 is 0 Å². The van der Waals surface area contributed by atoms with Crippen molar-refractivity contribution in [2.75, 3.05) is 0 Å². The van der Waals surface area contributed by atoms with Crippen molar-refractivity contribution in [3.05, 3.63) is 186 Å². The van der Waals surface area contributed by atoms with Crippen molar-refractivity contribution in [2.45, 2.75) is 0 Å². The number of rotatable bonds is 7. The minimum absolute atomic E-state index is 0.635. The summed E-state index contributed by atoms with van der Waals surface area (Å²) in [4.78, 5) is 15.0. The van der Waals surface area contributed by atoms with Crippen LogP contribution in [-0.4, -0.2) is 15.0 Å². The van der Waals surface area contributed by atoms with Crippen LogP contribution < -0.4 is 0 Å². The molecule has 8 rings (SSSR count). The quantitative estimate of drug-likeness (QED) is 0.167. The van der Waals surface area contributed by atoms with E-state index in [-0.39, 0.29) is 0 Å². The second-order valence-corrected chi connectivity index (χ2v) is 12.8. The molecule has 49 heavy (non-hydrogen) atoms. The van der Waals surface area contributed by atoms with E-state index >= 15 is 0 Å². The van der Waals surface area contributed by atoms with E-state index in [1.807, 2.05) is 18.2 Å². The van der Waals surface area contributed by atoms with E-state index in [9.17, 15) is 0 Å². The first kappa shape index (κ1) is 30.4. The van der Waals surface area contributed by atoms with Crippen LogP contribution in [0, 0.1) is 0 Å². The molecule has 232 valence electrons. The highest BCUT2D eigenvalue weighted by Gasteiger charge is 2.13. The predicted octanol–water partition coefficient (Wildman–Crippen LogP) is 12.3. The van der Waals surface area contributed by atoms with Gasteiger partial charge in [0.1, 0.15) is 0 Å². The summed E-state index contributed by atoms with van der Waals surface area (Å²) < 4.78 is 1.07. The zero-order valence-corrected chi connectivity index (χ0v) is 28.1. The summed E-state index contributed by atoms with van der Waals surface area (Å²) in [6.45, 7) is 0. The molecule has 0 unspecified atom stereocenters. The molecular formula is C45H30BrN3. The smallest absolute Gasteiger partial charge is 0.164 e. The molecule has 4 heteroatoms. The van der Waals surface area contributed by atoms with Gasteiger partial charge in [0.2, 0.25) is 0 Å². The lowest BCUT2D eigenvalue weighted by Gasteiger charge is -2.10. The van der Waals surface area contributed by atoms with Gasteiger partial charge in [0.05, 0.1) is 0 Å². The summed E-state index contributed by atoms with van der Waals surface area (Å²) in [7, 11) is 0. The summed E-state index contributed by atoms with van der Waals surface area (Å²) in [5.41, 5.74) is 12.1. The minimum Gasteiger partial charge on any atom is -0.208 e. The van der Waals surface area contributed by atoms with Crippen LogP contribution in [0.2, 0.25) is 0 Å². The Morgan fingerprint density at radius 3 is 0.837 bits per heavy atom. The van der Waals surface area contributed by atoms with Crippen molar-refractivity contribution >= 4 is 15.9 Å². The lowest BCUT2D eigenvalue weighted by molar-refractivity contribution is 1.07. The van der Waals surface area contributed by atoms with E-state index in [2.05, 4.69) is 180 Å². The monoisotopic (exact) mass is 691 g/mol. The van der Waals surface area contributed by atoms with Crippen molar-refractivity contribution in [3.63, 3.8) is 0 Å². The molecule has 0 amide bonds. The van der Waals surface area contributed by atoms with Crippen LogP contribution in [0.25, 0.3) is 78.7 Å². The number of benzene rings is 7. The van der Waals surface area contributed by atoms with Gasteiger partial charge in [0, 0.05) is 21.2 Å². The number of hydrogen-bond acceptors (Lipinski definition) is 3. The van der Waals surface area contributed by atoms with Crippen molar-refractivity contribution in [1.82, 2.24) is 15.0 Å². The minimum atomic E-state index is 0.635. The molecule has 3 nitrogen and oxygen atoms in total. The van der Waals surface area contributed by atoms with E-state index in [0.717, 1.165) is 43.4 Å². The van der Waals surface area contributed by atoms with Gasteiger partial charge in [0.25, 0.3) is 0 Å². The number of aromatic nitrogens is 3. The molecule has 0 atom stereocenters. The molecule has 0 aliphatic rings. The van der Waals surface area contributed by atoms with Gasteiger partial charge in [-0.2, -0.15) is 0 Å². The first-order chi connectivity index (χ1) is 24.2. The highest BCUT2D eigenvalue weighted by molar-refractivity contribution is 9.10. The third-order valence-electron chi connectivity index (χ3n) is 8.66. The lowest BCUT2D eigenvalue weighted by atomic mass is 9.99. The van der Waals surface area contributed by atoms with E-state index in [1.54, 1.807) is 0 Å². The Kier molecular flexibility index (Phi) is 8.45. The molecule has 0 N–H and O–H groups in total. The fourth-order valence-corrected chi connectivity index (χ4v) is 6.38. The molecule has 1 heterocycles. The van der Waals surface area contributed by atoms with Crippen LogP contribution in [-0.2, 0) is 0 Å².